The van der Waals surface area contributed by atoms with Gasteiger partial charge in [0.05, 0.1) is 12.0 Å². The van der Waals surface area contributed by atoms with Crippen LogP contribution in [0.4, 0.5) is 0 Å². The molecule has 0 spiro atoms. The molecule has 128 valence electrons. The molecular formula is C18H21NO3S2. The predicted molar refractivity (Wildman–Crippen MR) is 103 cm³/mol. The number of thiocarbonyl (C=S) groups is 1. The van der Waals surface area contributed by atoms with Gasteiger partial charge in [-0.2, -0.15) is 0 Å². The molecule has 1 aliphatic heterocycles. The fraction of sp³-hybridized carbons (Fsp3) is 0.333. The van der Waals surface area contributed by atoms with Gasteiger partial charge >= 0.3 is 0 Å². The first-order valence-electron chi connectivity index (χ1n) is 7.70. The van der Waals surface area contributed by atoms with Crippen LogP contribution in [0.2, 0.25) is 0 Å². The van der Waals surface area contributed by atoms with Gasteiger partial charge in [0.1, 0.15) is 10.9 Å². The van der Waals surface area contributed by atoms with Gasteiger partial charge in [-0.05, 0) is 37.1 Å². The van der Waals surface area contributed by atoms with Gasteiger partial charge in [0.25, 0.3) is 5.91 Å². The van der Waals surface area contributed by atoms with Crippen molar-refractivity contribution in [3.8, 4) is 11.5 Å². The maximum Gasteiger partial charge on any atom is 0.266 e. The second-order valence-corrected chi connectivity index (χ2v) is 6.99. The van der Waals surface area contributed by atoms with E-state index in [-0.39, 0.29) is 11.9 Å². The van der Waals surface area contributed by atoms with Gasteiger partial charge in [-0.3, -0.25) is 9.69 Å². The molecule has 1 fully saturated rings. The van der Waals surface area contributed by atoms with Gasteiger partial charge in [-0.15, -0.1) is 0 Å². The molecule has 1 aliphatic rings. The Labute approximate surface area is 152 Å². The Bertz CT molecular complexity index is 685. The Hall–Kier alpha value is -1.79. The molecule has 1 atom stereocenters. The first-order valence-corrected chi connectivity index (χ1v) is 8.93. The van der Waals surface area contributed by atoms with E-state index < -0.39 is 0 Å². The van der Waals surface area contributed by atoms with Crippen LogP contribution < -0.4 is 9.47 Å². The third-order valence-electron chi connectivity index (χ3n) is 3.70. The Morgan fingerprint density at radius 2 is 2.17 bits per heavy atom. The fourth-order valence-electron chi connectivity index (χ4n) is 2.24. The molecule has 0 aliphatic carbocycles. The SMILES string of the molecule is C=CCOc1ccc(C=C2SC(=S)N([C@H](C)CC)C2=O)cc1OC. The van der Waals surface area contributed by atoms with Crippen molar-refractivity contribution in [1.29, 1.82) is 0 Å². The summed E-state index contributed by atoms with van der Waals surface area (Å²) in [5, 5.41) is 0. The standard InChI is InChI=1S/C18H21NO3S2/c1-5-9-22-14-8-7-13(10-15(14)21-4)11-16-17(20)19(12(3)6-2)18(23)24-16/h5,7-8,10-12H,1,6,9H2,2-4H3/t12-/m1/s1. The summed E-state index contributed by atoms with van der Waals surface area (Å²) >= 11 is 6.68. The van der Waals surface area contributed by atoms with Crippen LogP contribution in [0.5, 0.6) is 11.5 Å². The molecule has 1 aromatic carbocycles. The molecule has 0 N–H and O–H groups in total. The highest BCUT2D eigenvalue weighted by molar-refractivity contribution is 8.26. The lowest BCUT2D eigenvalue weighted by Crippen LogP contribution is -2.36. The Balaban J connectivity index is 2.26. The topological polar surface area (TPSA) is 38.8 Å². The van der Waals surface area contributed by atoms with E-state index in [4.69, 9.17) is 21.7 Å². The highest BCUT2D eigenvalue weighted by Crippen LogP contribution is 2.36. The molecule has 1 aromatic rings. The molecule has 0 aromatic heterocycles. The van der Waals surface area contributed by atoms with E-state index in [0.717, 1.165) is 12.0 Å². The summed E-state index contributed by atoms with van der Waals surface area (Å²) in [5.41, 5.74) is 0.863. The van der Waals surface area contributed by atoms with Crippen LogP contribution in [-0.4, -0.2) is 34.9 Å². The molecule has 0 saturated carbocycles. The van der Waals surface area contributed by atoms with Crippen molar-refractivity contribution < 1.29 is 14.3 Å². The Morgan fingerprint density at radius 1 is 1.42 bits per heavy atom. The minimum absolute atomic E-state index is 0.0368. The third-order valence-corrected chi connectivity index (χ3v) is 5.03. The van der Waals surface area contributed by atoms with Crippen LogP contribution in [0.15, 0.2) is 35.8 Å². The molecule has 1 amide bonds. The molecule has 6 heteroatoms. The number of benzene rings is 1. The minimum Gasteiger partial charge on any atom is -0.493 e. The van der Waals surface area contributed by atoms with Gasteiger partial charge < -0.3 is 9.47 Å². The summed E-state index contributed by atoms with van der Waals surface area (Å²) in [4.78, 5) is 14.9. The number of nitrogens with zero attached hydrogens (tertiary/aromatic N) is 1. The van der Waals surface area contributed by atoms with Crippen LogP contribution in [0, 0.1) is 0 Å². The zero-order valence-corrected chi connectivity index (χ0v) is 15.7. The number of carbonyl (C=O) groups excluding carboxylic acids is 1. The van der Waals surface area contributed by atoms with E-state index in [1.54, 1.807) is 18.1 Å². The summed E-state index contributed by atoms with van der Waals surface area (Å²) in [7, 11) is 1.59. The number of thioether (sulfide) groups is 1. The quantitative estimate of drug-likeness (QED) is 0.411. The van der Waals surface area contributed by atoms with E-state index in [1.165, 1.54) is 11.8 Å². The number of methoxy groups -OCH3 is 1. The maximum absolute atomic E-state index is 12.6. The van der Waals surface area contributed by atoms with Crippen LogP contribution in [0.3, 0.4) is 0 Å². The monoisotopic (exact) mass is 363 g/mol. The van der Waals surface area contributed by atoms with Crippen molar-refractivity contribution in [3.63, 3.8) is 0 Å². The second-order valence-electron chi connectivity index (χ2n) is 5.32. The maximum atomic E-state index is 12.6. The van der Waals surface area contributed by atoms with Crippen LogP contribution in [0.1, 0.15) is 25.8 Å². The molecule has 0 radical (unpaired) electrons. The zero-order valence-electron chi connectivity index (χ0n) is 14.1. The van der Waals surface area contributed by atoms with Gasteiger partial charge in [-0.1, -0.05) is 49.6 Å². The highest BCUT2D eigenvalue weighted by atomic mass is 32.2. The van der Waals surface area contributed by atoms with Gasteiger partial charge in [0.15, 0.2) is 11.5 Å². The van der Waals surface area contributed by atoms with Crippen molar-refractivity contribution >= 4 is 40.3 Å². The number of hydrogen-bond acceptors (Lipinski definition) is 5. The van der Waals surface area contributed by atoms with Crippen molar-refractivity contribution in [2.75, 3.05) is 13.7 Å². The Kier molecular flexibility index (Phi) is 6.45. The molecule has 1 saturated heterocycles. The highest BCUT2D eigenvalue weighted by Gasteiger charge is 2.34. The van der Waals surface area contributed by atoms with Crippen molar-refractivity contribution in [3.05, 3.63) is 41.3 Å². The Morgan fingerprint density at radius 3 is 2.79 bits per heavy atom. The summed E-state index contributed by atoms with van der Waals surface area (Å²) in [5.74, 6) is 1.22. The lowest BCUT2D eigenvalue weighted by Gasteiger charge is -2.21. The van der Waals surface area contributed by atoms with E-state index in [9.17, 15) is 4.79 Å². The lowest BCUT2D eigenvalue weighted by molar-refractivity contribution is -0.123. The van der Waals surface area contributed by atoms with Crippen molar-refractivity contribution in [1.82, 2.24) is 4.90 Å². The normalized spacial score (nSPS) is 17.3. The number of rotatable bonds is 7. The molecular weight excluding hydrogens is 342 g/mol. The van der Waals surface area contributed by atoms with Crippen LogP contribution in [0.25, 0.3) is 6.08 Å². The van der Waals surface area contributed by atoms with E-state index in [0.29, 0.717) is 27.3 Å². The van der Waals surface area contributed by atoms with Crippen LogP contribution >= 0.6 is 24.0 Å². The summed E-state index contributed by atoms with van der Waals surface area (Å²) in [6.07, 6.45) is 4.37. The first kappa shape index (κ1) is 18.5. The minimum atomic E-state index is -0.0368. The summed E-state index contributed by atoms with van der Waals surface area (Å²) < 4.78 is 11.5. The number of amides is 1. The molecule has 24 heavy (non-hydrogen) atoms. The molecule has 0 unspecified atom stereocenters. The molecule has 2 rings (SSSR count). The van der Waals surface area contributed by atoms with E-state index in [2.05, 4.69) is 6.58 Å². The largest absolute Gasteiger partial charge is 0.493 e. The average Bonchev–Trinajstić information content (AvgIpc) is 2.86. The lowest BCUT2D eigenvalue weighted by atomic mass is 10.1. The van der Waals surface area contributed by atoms with E-state index in [1.807, 2.05) is 38.1 Å². The average molecular weight is 364 g/mol. The molecule has 0 bridgehead atoms. The second kappa shape index (κ2) is 8.35. The molecule has 4 nitrogen and oxygen atoms in total. The zero-order chi connectivity index (χ0) is 17.7. The van der Waals surface area contributed by atoms with Crippen LogP contribution in [-0.2, 0) is 4.79 Å². The predicted octanol–water partition coefficient (Wildman–Crippen LogP) is 4.26. The third kappa shape index (κ3) is 3.99. The fourth-order valence-corrected chi connectivity index (χ4v) is 3.70. The first-order chi connectivity index (χ1) is 11.5. The summed E-state index contributed by atoms with van der Waals surface area (Å²) in [6.45, 7) is 8.08. The van der Waals surface area contributed by atoms with Gasteiger partial charge in [-0.25, -0.2) is 0 Å². The van der Waals surface area contributed by atoms with Gasteiger partial charge in [0, 0.05) is 6.04 Å². The van der Waals surface area contributed by atoms with Crippen molar-refractivity contribution in [2.45, 2.75) is 26.3 Å². The van der Waals surface area contributed by atoms with Gasteiger partial charge in [0.2, 0.25) is 0 Å². The summed E-state index contributed by atoms with van der Waals surface area (Å²) in [6, 6.07) is 5.65. The number of ether oxygens (including phenoxy) is 2. The van der Waals surface area contributed by atoms with Crippen molar-refractivity contribution in [2.24, 2.45) is 0 Å². The number of carbonyl (C=O) groups is 1. The van der Waals surface area contributed by atoms with E-state index >= 15 is 0 Å². The smallest absolute Gasteiger partial charge is 0.266 e. The number of hydrogen-bond donors (Lipinski definition) is 0. The molecule has 1 heterocycles.